The van der Waals surface area contributed by atoms with Crippen molar-refractivity contribution in [2.24, 2.45) is 0 Å². The summed E-state index contributed by atoms with van der Waals surface area (Å²) in [6, 6.07) is 0. The number of carbonyl (C=O) groups is 1. The maximum absolute atomic E-state index is 10.7. The summed E-state index contributed by atoms with van der Waals surface area (Å²) in [5.41, 5.74) is 0.564. The fraction of sp³-hybridized carbons (Fsp3) is 0.455. The van der Waals surface area contributed by atoms with Crippen LogP contribution in [-0.4, -0.2) is 48.9 Å². The van der Waals surface area contributed by atoms with Crippen molar-refractivity contribution in [1.29, 1.82) is 0 Å². The number of aliphatic hydroxyl groups excluding tert-OH is 2. The van der Waals surface area contributed by atoms with Gasteiger partial charge in [0.15, 0.2) is 5.65 Å². The molecule has 4 N–H and O–H groups in total. The Morgan fingerprint density at radius 3 is 2.95 bits per heavy atom. The van der Waals surface area contributed by atoms with Crippen LogP contribution in [0.25, 0.3) is 11.0 Å². The van der Waals surface area contributed by atoms with Crippen molar-refractivity contribution >= 4 is 28.5 Å². The molecule has 2 heterocycles. The molecule has 0 bridgehead atoms. The zero-order valence-corrected chi connectivity index (χ0v) is 11.4. The van der Waals surface area contributed by atoms with Crippen LogP contribution in [0.5, 0.6) is 0 Å². The third-order valence-electron chi connectivity index (χ3n) is 2.81. The highest BCUT2D eigenvalue weighted by molar-refractivity contribution is 6.34. The zero-order chi connectivity index (χ0) is 14.7. The van der Waals surface area contributed by atoms with E-state index in [0.29, 0.717) is 11.0 Å². The van der Waals surface area contributed by atoms with Crippen LogP contribution in [0.3, 0.4) is 0 Å². The number of amides is 1. The van der Waals surface area contributed by atoms with Gasteiger partial charge in [-0.15, -0.1) is 0 Å². The van der Waals surface area contributed by atoms with Crippen LogP contribution < -0.4 is 5.32 Å². The lowest BCUT2D eigenvalue weighted by Gasteiger charge is -2.16. The van der Waals surface area contributed by atoms with Gasteiger partial charge < -0.3 is 15.5 Å². The van der Waals surface area contributed by atoms with Crippen LogP contribution in [0.1, 0.15) is 25.1 Å². The predicted molar refractivity (Wildman–Crippen MR) is 71.0 cm³/mol. The fourth-order valence-corrected chi connectivity index (χ4v) is 2.03. The summed E-state index contributed by atoms with van der Waals surface area (Å²) in [4.78, 5) is 18.5. The minimum Gasteiger partial charge on any atom is -0.390 e. The van der Waals surface area contributed by atoms with Crippen LogP contribution in [0.4, 0.5) is 0 Å². The fourth-order valence-electron chi connectivity index (χ4n) is 1.80. The van der Waals surface area contributed by atoms with Crippen molar-refractivity contribution in [2.45, 2.75) is 25.6 Å². The lowest BCUT2D eigenvalue weighted by molar-refractivity contribution is -0.119. The lowest BCUT2D eigenvalue weighted by Crippen LogP contribution is -2.27. The van der Waals surface area contributed by atoms with E-state index in [1.165, 1.54) is 13.3 Å². The maximum atomic E-state index is 10.7. The van der Waals surface area contributed by atoms with Crippen molar-refractivity contribution in [3.8, 4) is 0 Å². The van der Waals surface area contributed by atoms with E-state index < -0.39 is 12.2 Å². The smallest absolute Gasteiger partial charge is 0.216 e. The van der Waals surface area contributed by atoms with Gasteiger partial charge in [0.2, 0.25) is 5.91 Å². The summed E-state index contributed by atoms with van der Waals surface area (Å²) in [6.45, 7) is 1.63. The van der Waals surface area contributed by atoms with Crippen molar-refractivity contribution in [3.63, 3.8) is 0 Å². The molecular weight excluding hydrogens is 286 g/mol. The molecule has 0 aliphatic heterocycles. The average molecular weight is 300 g/mol. The highest BCUT2D eigenvalue weighted by Gasteiger charge is 2.24. The Bertz CT molecular complexity index is 617. The largest absolute Gasteiger partial charge is 0.390 e. The van der Waals surface area contributed by atoms with Gasteiger partial charge in [-0.25, -0.2) is 9.97 Å². The van der Waals surface area contributed by atoms with E-state index >= 15 is 0 Å². The van der Waals surface area contributed by atoms with Gasteiger partial charge in [-0.2, -0.15) is 5.10 Å². The summed E-state index contributed by atoms with van der Waals surface area (Å²) in [5, 5.41) is 29.6. The molecular formula is C11H14ClN5O3. The van der Waals surface area contributed by atoms with Crippen LogP contribution in [0.15, 0.2) is 6.33 Å². The third-order valence-corrected chi connectivity index (χ3v) is 3.09. The summed E-state index contributed by atoms with van der Waals surface area (Å²) >= 11 is 5.94. The van der Waals surface area contributed by atoms with Crippen molar-refractivity contribution in [3.05, 3.63) is 17.2 Å². The Kier molecular flexibility index (Phi) is 4.48. The van der Waals surface area contributed by atoms with E-state index in [0.717, 1.165) is 0 Å². The van der Waals surface area contributed by atoms with E-state index in [9.17, 15) is 15.0 Å². The highest BCUT2D eigenvalue weighted by Crippen LogP contribution is 2.28. The van der Waals surface area contributed by atoms with Gasteiger partial charge in [-0.1, -0.05) is 11.6 Å². The molecule has 1 amide bonds. The second-order valence-electron chi connectivity index (χ2n) is 4.28. The molecule has 0 spiro atoms. The van der Waals surface area contributed by atoms with E-state index in [2.05, 4.69) is 25.5 Å². The molecule has 2 aromatic rings. The van der Waals surface area contributed by atoms with Gasteiger partial charge in [-0.3, -0.25) is 9.89 Å². The van der Waals surface area contributed by atoms with E-state index in [4.69, 9.17) is 11.6 Å². The van der Waals surface area contributed by atoms with E-state index in [1.807, 2.05) is 0 Å². The second kappa shape index (κ2) is 6.12. The maximum Gasteiger partial charge on any atom is 0.216 e. The van der Waals surface area contributed by atoms with Crippen molar-refractivity contribution in [1.82, 2.24) is 25.5 Å². The van der Waals surface area contributed by atoms with Crippen LogP contribution in [-0.2, 0) is 4.79 Å². The Balaban J connectivity index is 2.14. The molecule has 108 valence electrons. The van der Waals surface area contributed by atoms with Gasteiger partial charge in [0.1, 0.15) is 17.6 Å². The summed E-state index contributed by atoms with van der Waals surface area (Å²) < 4.78 is 0. The molecule has 2 atom stereocenters. The van der Waals surface area contributed by atoms with E-state index in [-0.39, 0.29) is 29.7 Å². The van der Waals surface area contributed by atoms with Gasteiger partial charge in [-0.05, 0) is 6.42 Å². The number of halogens is 1. The zero-order valence-electron chi connectivity index (χ0n) is 10.7. The van der Waals surface area contributed by atoms with Crippen LogP contribution >= 0.6 is 11.6 Å². The van der Waals surface area contributed by atoms with E-state index in [1.54, 1.807) is 0 Å². The standard InChI is InChI=1S/C11H14ClN5O3/c1-5(18)13-3-2-6(19)9(20)8-7-10(12)14-4-15-11(7)17-16-8/h4,6,9,19-20H,2-3H2,1H3,(H,13,18)(H,14,15,16,17). The first-order chi connectivity index (χ1) is 9.50. The van der Waals surface area contributed by atoms with Gasteiger partial charge in [0, 0.05) is 13.5 Å². The number of hydrogen-bond acceptors (Lipinski definition) is 6. The Labute approximate surface area is 119 Å². The second-order valence-corrected chi connectivity index (χ2v) is 4.64. The van der Waals surface area contributed by atoms with Crippen LogP contribution in [0.2, 0.25) is 5.15 Å². The van der Waals surface area contributed by atoms with Crippen LogP contribution in [0, 0.1) is 0 Å². The first kappa shape index (κ1) is 14.6. The molecule has 0 radical (unpaired) electrons. The molecule has 8 nitrogen and oxygen atoms in total. The number of hydrogen-bond donors (Lipinski definition) is 4. The number of aliphatic hydroxyl groups is 2. The predicted octanol–water partition coefficient (Wildman–Crippen LogP) is -0.0732. The molecule has 20 heavy (non-hydrogen) atoms. The lowest BCUT2D eigenvalue weighted by atomic mass is 10.1. The number of nitrogens with one attached hydrogen (secondary N) is 2. The minimum absolute atomic E-state index is 0.145. The molecule has 0 aliphatic rings. The third kappa shape index (κ3) is 3.03. The topological polar surface area (TPSA) is 124 Å². The molecule has 0 saturated carbocycles. The summed E-state index contributed by atoms with van der Waals surface area (Å²) in [6.07, 6.45) is -0.861. The normalized spacial score (nSPS) is 14.2. The molecule has 2 aromatic heterocycles. The van der Waals surface area contributed by atoms with Gasteiger partial charge >= 0.3 is 0 Å². The molecule has 0 saturated heterocycles. The molecule has 9 heteroatoms. The monoisotopic (exact) mass is 299 g/mol. The van der Waals surface area contributed by atoms with Gasteiger partial charge in [0.05, 0.1) is 17.2 Å². The first-order valence-corrected chi connectivity index (χ1v) is 6.33. The number of aromatic nitrogens is 4. The number of carbonyl (C=O) groups excluding carboxylic acids is 1. The van der Waals surface area contributed by atoms with Crippen molar-refractivity contribution < 1.29 is 15.0 Å². The van der Waals surface area contributed by atoms with Gasteiger partial charge in [0.25, 0.3) is 0 Å². The average Bonchev–Trinajstić information content (AvgIpc) is 2.82. The Hall–Kier alpha value is -1.77. The molecule has 0 aromatic carbocycles. The highest BCUT2D eigenvalue weighted by atomic mass is 35.5. The minimum atomic E-state index is -1.22. The number of rotatable bonds is 5. The molecule has 2 rings (SSSR count). The first-order valence-electron chi connectivity index (χ1n) is 5.95. The SMILES string of the molecule is CC(=O)NCCC(O)C(O)c1[nH]nc2ncnc(Cl)c12. The summed E-state index contributed by atoms with van der Waals surface area (Å²) in [7, 11) is 0. The molecule has 2 unspecified atom stereocenters. The quantitative estimate of drug-likeness (QED) is 0.573. The van der Waals surface area contributed by atoms with Crippen molar-refractivity contribution in [2.75, 3.05) is 6.54 Å². The Morgan fingerprint density at radius 2 is 2.25 bits per heavy atom. The number of fused-ring (bicyclic) bond motifs is 1. The number of nitrogens with zero attached hydrogens (tertiary/aromatic N) is 3. The Morgan fingerprint density at radius 1 is 1.50 bits per heavy atom. The molecule has 0 aliphatic carbocycles. The summed E-state index contributed by atoms with van der Waals surface area (Å²) in [5.74, 6) is -0.199. The number of aromatic amines is 1. The molecule has 0 fully saturated rings. The number of H-pyrrole nitrogens is 1.